The maximum Gasteiger partial charge on any atom is 0.249 e. The summed E-state index contributed by atoms with van der Waals surface area (Å²) in [5, 5.41) is 2.92. The Morgan fingerprint density at radius 3 is 2.94 bits per heavy atom. The number of nitrogens with one attached hydrogen (secondary N) is 1. The van der Waals surface area contributed by atoms with Gasteiger partial charge < -0.3 is 10.1 Å². The molecule has 4 heteroatoms. The van der Waals surface area contributed by atoms with E-state index in [-0.39, 0.29) is 12.0 Å². The molecule has 2 unspecified atom stereocenters. The second-order valence-corrected chi connectivity index (χ2v) is 5.22. The van der Waals surface area contributed by atoms with E-state index >= 15 is 0 Å². The number of ether oxygens (including phenoxy) is 1. The topological polar surface area (TPSA) is 38.3 Å². The van der Waals surface area contributed by atoms with Gasteiger partial charge in [0, 0.05) is 17.6 Å². The minimum Gasteiger partial charge on any atom is -0.368 e. The van der Waals surface area contributed by atoms with Crippen molar-refractivity contribution in [1.82, 2.24) is 5.32 Å². The van der Waals surface area contributed by atoms with Gasteiger partial charge in [0.2, 0.25) is 5.91 Å². The molecule has 1 aliphatic heterocycles. The molecule has 1 aromatic carbocycles. The second kappa shape index (κ2) is 5.65. The first kappa shape index (κ1) is 12.6. The molecular weight excluding hydrogens is 282 g/mol. The summed E-state index contributed by atoms with van der Waals surface area (Å²) in [5.74, 6) is 0.306. The van der Waals surface area contributed by atoms with Crippen LogP contribution in [0, 0.1) is 5.92 Å². The fourth-order valence-corrected chi connectivity index (χ4v) is 2.38. The van der Waals surface area contributed by atoms with E-state index in [0.717, 1.165) is 16.5 Å². The van der Waals surface area contributed by atoms with Gasteiger partial charge in [-0.2, -0.15) is 0 Å². The molecular formula is C13H16BrNO2. The largest absolute Gasteiger partial charge is 0.368 e. The van der Waals surface area contributed by atoms with Crippen molar-refractivity contribution in [3.05, 3.63) is 34.3 Å². The molecule has 0 bridgehead atoms. The van der Waals surface area contributed by atoms with Crippen LogP contribution in [0.5, 0.6) is 0 Å². The summed E-state index contributed by atoms with van der Waals surface area (Å²) in [6.45, 7) is 3.27. The van der Waals surface area contributed by atoms with Crippen molar-refractivity contribution in [2.24, 2.45) is 5.92 Å². The summed E-state index contributed by atoms with van der Waals surface area (Å²) in [6, 6.07) is 7.87. The Morgan fingerprint density at radius 1 is 1.53 bits per heavy atom. The molecule has 1 amide bonds. The molecule has 2 atom stereocenters. The van der Waals surface area contributed by atoms with Crippen LogP contribution < -0.4 is 5.32 Å². The Balaban J connectivity index is 1.90. The van der Waals surface area contributed by atoms with Crippen molar-refractivity contribution in [3.8, 4) is 0 Å². The third-order valence-electron chi connectivity index (χ3n) is 3.06. The minimum absolute atomic E-state index is 0.00856. The Kier molecular flexibility index (Phi) is 4.18. The lowest BCUT2D eigenvalue weighted by Gasteiger charge is -2.14. The van der Waals surface area contributed by atoms with Crippen LogP contribution in [0.15, 0.2) is 28.7 Å². The average Bonchev–Trinajstić information content (AvgIpc) is 2.74. The number of carbonyl (C=O) groups excluding carboxylic acids is 1. The quantitative estimate of drug-likeness (QED) is 0.931. The third-order valence-corrected chi connectivity index (χ3v) is 3.83. The number of rotatable bonds is 3. The van der Waals surface area contributed by atoms with Crippen LogP contribution in [-0.2, 0) is 16.1 Å². The third kappa shape index (κ3) is 3.07. The molecule has 1 saturated heterocycles. The van der Waals surface area contributed by atoms with Crippen LogP contribution in [0.1, 0.15) is 18.9 Å². The van der Waals surface area contributed by atoms with Crippen molar-refractivity contribution in [2.45, 2.75) is 26.0 Å². The molecule has 1 aromatic rings. The van der Waals surface area contributed by atoms with E-state index in [1.165, 1.54) is 0 Å². The van der Waals surface area contributed by atoms with Crippen molar-refractivity contribution >= 4 is 21.8 Å². The standard InChI is InChI=1S/C13H16BrNO2/c1-9-6-7-17-12(9)13(16)15-8-10-4-2-3-5-11(10)14/h2-5,9,12H,6-8H2,1H3,(H,15,16). The van der Waals surface area contributed by atoms with E-state index in [9.17, 15) is 4.79 Å². The average molecular weight is 298 g/mol. The van der Waals surface area contributed by atoms with Crippen molar-refractivity contribution in [3.63, 3.8) is 0 Å². The van der Waals surface area contributed by atoms with Gasteiger partial charge in [0.15, 0.2) is 0 Å². The number of amides is 1. The molecule has 2 rings (SSSR count). The van der Waals surface area contributed by atoms with Gasteiger partial charge in [-0.3, -0.25) is 4.79 Å². The summed E-state index contributed by atoms with van der Waals surface area (Å²) in [7, 11) is 0. The van der Waals surface area contributed by atoms with E-state index in [2.05, 4.69) is 28.2 Å². The lowest BCUT2D eigenvalue weighted by Crippen LogP contribution is -2.36. The molecule has 1 aliphatic rings. The first-order chi connectivity index (χ1) is 8.18. The summed E-state index contributed by atoms with van der Waals surface area (Å²) < 4.78 is 6.44. The molecule has 1 fully saturated rings. The normalized spacial score (nSPS) is 23.6. The van der Waals surface area contributed by atoms with Gasteiger partial charge in [-0.15, -0.1) is 0 Å². The van der Waals surface area contributed by atoms with Gasteiger partial charge in [0.25, 0.3) is 0 Å². The molecule has 0 aromatic heterocycles. The Labute approximate surface area is 110 Å². The first-order valence-electron chi connectivity index (χ1n) is 5.81. The summed E-state index contributed by atoms with van der Waals surface area (Å²) >= 11 is 3.46. The summed E-state index contributed by atoms with van der Waals surface area (Å²) in [5.41, 5.74) is 1.08. The zero-order valence-electron chi connectivity index (χ0n) is 9.78. The summed E-state index contributed by atoms with van der Waals surface area (Å²) in [6.07, 6.45) is 0.685. The van der Waals surface area contributed by atoms with Crippen molar-refractivity contribution in [1.29, 1.82) is 0 Å². The number of halogens is 1. The molecule has 0 saturated carbocycles. The highest BCUT2D eigenvalue weighted by Gasteiger charge is 2.30. The monoisotopic (exact) mass is 297 g/mol. The molecule has 17 heavy (non-hydrogen) atoms. The van der Waals surface area contributed by atoms with Crippen LogP contribution in [0.4, 0.5) is 0 Å². The number of hydrogen-bond donors (Lipinski definition) is 1. The zero-order chi connectivity index (χ0) is 12.3. The van der Waals surface area contributed by atoms with E-state index < -0.39 is 0 Å². The maximum absolute atomic E-state index is 11.9. The highest BCUT2D eigenvalue weighted by atomic mass is 79.9. The summed E-state index contributed by atoms with van der Waals surface area (Å²) in [4.78, 5) is 11.9. The fourth-order valence-electron chi connectivity index (χ4n) is 1.96. The van der Waals surface area contributed by atoms with Crippen LogP contribution in [0.3, 0.4) is 0 Å². The van der Waals surface area contributed by atoms with Gasteiger partial charge in [0.05, 0.1) is 0 Å². The predicted octanol–water partition coefficient (Wildman–Crippen LogP) is 2.49. The number of carbonyl (C=O) groups is 1. The van der Waals surface area contributed by atoms with Crippen LogP contribution in [-0.4, -0.2) is 18.6 Å². The molecule has 0 aliphatic carbocycles. The van der Waals surface area contributed by atoms with Gasteiger partial charge >= 0.3 is 0 Å². The van der Waals surface area contributed by atoms with Gasteiger partial charge in [0.1, 0.15) is 6.10 Å². The molecule has 1 N–H and O–H groups in total. The van der Waals surface area contributed by atoms with Crippen molar-refractivity contribution < 1.29 is 9.53 Å². The molecule has 92 valence electrons. The smallest absolute Gasteiger partial charge is 0.249 e. The molecule has 1 heterocycles. The molecule has 0 radical (unpaired) electrons. The van der Waals surface area contributed by atoms with Gasteiger partial charge in [-0.1, -0.05) is 41.1 Å². The Hall–Kier alpha value is -0.870. The Morgan fingerprint density at radius 2 is 2.29 bits per heavy atom. The number of hydrogen-bond acceptors (Lipinski definition) is 2. The minimum atomic E-state index is -0.280. The zero-order valence-corrected chi connectivity index (χ0v) is 11.4. The number of benzene rings is 1. The molecule has 0 spiro atoms. The van der Waals surface area contributed by atoms with E-state index in [4.69, 9.17) is 4.74 Å². The van der Waals surface area contributed by atoms with Crippen LogP contribution in [0.2, 0.25) is 0 Å². The van der Waals surface area contributed by atoms with E-state index in [1.807, 2.05) is 24.3 Å². The van der Waals surface area contributed by atoms with E-state index in [0.29, 0.717) is 19.1 Å². The second-order valence-electron chi connectivity index (χ2n) is 4.37. The van der Waals surface area contributed by atoms with E-state index in [1.54, 1.807) is 0 Å². The maximum atomic E-state index is 11.9. The lowest BCUT2D eigenvalue weighted by molar-refractivity contribution is -0.131. The van der Waals surface area contributed by atoms with Gasteiger partial charge in [-0.05, 0) is 24.0 Å². The SMILES string of the molecule is CC1CCOC1C(=O)NCc1ccccc1Br. The van der Waals surface area contributed by atoms with Crippen molar-refractivity contribution in [2.75, 3.05) is 6.61 Å². The fraction of sp³-hybridized carbons (Fsp3) is 0.462. The highest BCUT2D eigenvalue weighted by molar-refractivity contribution is 9.10. The van der Waals surface area contributed by atoms with Gasteiger partial charge in [-0.25, -0.2) is 0 Å². The molecule has 3 nitrogen and oxygen atoms in total. The lowest BCUT2D eigenvalue weighted by atomic mass is 10.0. The first-order valence-corrected chi connectivity index (χ1v) is 6.60. The Bertz CT molecular complexity index is 408. The van der Waals surface area contributed by atoms with Crippen LogP contribution in [0.25, 0.3) is 0 Å². The van der Waals surface area contributed by atoms with Crippen LogP contribution >= 0.6 is 15.9 Å². The highest BCUT2D eigenvalue weighted by Crippen LogP contribution is 2.20. The predicted molar refractivity (Wildman–Crippen MR) is 69.5 cm³/mol.